The molecule has 0 amide bonds. The molecule has 0 aliphatic rings. The van der Waals surface area contributed by atoms with Gasteiger partial charge in [0.2, 0.25) is 6.04 Å². The minimum absolute atomic E-state index is 0.313. The zero-order valence-electron chi connectivity index (χ0n) is 14.0. The number of ether oxygens (including phenoxy) is 2. The van der Waals surface area contributed by atoms with Crippen LogP contribution in [-0.2, 0) is 19.1 Å². The largest absolute Gasteiger partial charge is 0.623 e. The summed E-state index contributed by atoms with van der Waals surface area (Å²) in [6, 6.07) is 17.2. The standard InChI is InChI=1S/C19H19NO5/c1-24-17(21)13-16(19(22)25-2)20(23)18(14-9-5-3-6-10-14)15-11-7-4-8-12-15/h3-12,18H,13H2,1-2H3/b20-16-. The maximum atomic E-state index is 13.1. The summed E-state index contributed by atoms with van der Waals surface area (Å²) in [5, 5.41) is 13.1. The molecule has 0 fully saturated rings. The van der Waals surface area contributed by atoms with Crippen LogP contribution in [-0.4, -0.2) is 36.6 Å². The van der Waals surface area contributed by atoms with Gasteiger partial charge in [0.25, 0.3) is 5.71 Å². The predicted octanol–water partition coefficient (Wildman–Crippen LogP) is 2.46. The summed E-state index contributed by atoms with van der Waals surface area (Å²) in [6.45, 7) is 0. The third kappa shape index (κ3) is 4.44. The van der Waals surface area contributed by atoms with E-state index in [1.165, 1.54) is 7.11 Å². The number of nitrogens with zero attached hydrogens (tertiary/aromatic N) is 1. The molecule has 0 bridgehead atoms. The van der Waals surface area contributed by atoms with Crippen LogP contribution in [0.3, 0.4) is 0 Å². The molecular formula is C19H19NO5. The highest BCUT2D eigenvalue weighted by Gasteiger charge is 2.31. The Balaban J connectivity index is 2.60. The highest BCUT2D eigenvalue weighted by atomic mass is 16.5. The van der Waals surface area contributed by atoms with Crippen molar-refractivity contribution in [3.8, 4) is 0 Å². The van der Waals surface area contributed by atoms with Crippen molar-refractivity contribution in [3.63, 3.8) is 0 Å². The van der Waals surface area contributed by atoms with Gasteiger partial charge in [0, 0.05) is 11.1 Å². The number of hydroxylamine groups is 1. The van der Waals surface area contributed by atoms with E-state index in [9.17, 15) is 14.8 Å². The van der Waals surface area contributed by atoms with Crippen molar-refractivity contribution in [3.05, 3.63) is 77.0 Å². The fourth-order valence-corrected chi connectivity index (χ4v) is 2.46. The molecule has 0 aliphatic heterocycles. The average Bonchev–Trinajstić information content (AvgIpc) is 2.67. The number of hydrogen-bond donors (Lipinski definition) is 0. The van der Waals surface area contributed by atoms with Crippen molar-refractivity contribution in [1.82, 2.24) is 0 Å². The molecule has 0 saturated carbocycles. The summed E-state index contributed by atoms with van der Waals surface area (Å²) in [7, 11) is 2.35. The monoisotopic (exact) mass is 341 g/mol. The molecule has 0 aliphatic carbocycles. The molecule has 2 aromatic carbocycles. The van der Waals surface area contributed by atoms with Crippen LogP contribution in [0.2, 0.25) is 0 Å². The molecule has 0 unspecified atom stereocenters. The van der Waals surface area contributed by atoms with Gasteiger partial charge in [-0.05, 0) is 0 Å². The lowest BCUT2D eigenvalue weighted by Gasteiger charge is -2.20. The van der Waals surface area contributed by atoms with Gasteiger partial charge >= 0.3 is 11.9 Å². The lowest BCUT2D eigenvalue weighted by atomic mass is 9.98. The van der Waals surface area contributed by atoms with Crippen LogP contribution in [0.25, 0.3) is 0 Å². The van der Waals surface area contributed by atoms with Crippen molar-refractivity contribution >= 4 is 17.7 Å². The first-order chi connectivity index (χ1) is 12.1. The molecule has 0 N–H and O–H groups in total. The SMILES string of the molecule is COC(=O)C/C(C(=O)OC)=[N+](/[O-])C(c1ccccc1)c1ccccc1. The molecular weight excluding hydrogens is 322 g/mol. The van der Waals surface area contributed by atoms with E-state index in [1.807, 2.05) is 12.1 Å². The minimum Gasteiger partial charge on any atom is -0.623 e. The summed E-state index contributed by atoms with van der Waals surface area (Å²) < 4.78 is 9.78. The first kappa shape index (κ1) is 18.2. The van der Waals surface area contributed by atoms with Gasteiger partial charge in [-0.3, -0.25) is 4.79 Å². The Morgan fingerprint density at radius 2 is 1.40 bits per heavy atom. The fourth-order valence-electron chi connectivity index (χ4n) is 2.46. The Labute approximate surface area is 145 Å². The highest BCUT2D eigenvalue weighted by Crippen LogP contribution is 2.26. The van der Waals surface area contributed by atoms with E-state index in [0.29, 0.717) is 15.9 Å². The van der Waals surface area contributed by atoms with Crippen molar-refractivity contribution in [2.24, 2.45) is 0 Å². The van der Waals surface area contributed by atoms with Gasteiger partial charge in [0.15, 0.2) is 0 Å². The van der Waals surface area contributed by atoms with Crippen molar-refractivity contribution in [2.75, 3.05) is 14.2 Å². The van der Waals surface area contributed by atoms with Crippen LogP contribution in [0.15, 0.2) is 60.7 Å². The molecule has 2 rings (SSSR count). The smallest absolute Gasteiger partial charge is 0.400 e. The summed E-state index contributed by atoms with van der Waals surface area (Å²) in [5.41, 5.74) is 1.07. The third-order valence-corrected chi connectivity index (χ3v) is 3.69. The normalized spacial score (nSPS) is 11.6. The number of carbonyl (C=O) groups is 2. The van der Waals surface area contributed by atoms with Crippen LogP contribution in [0, 0.1) is 5.21 Å². The maximum absolute atomic E-state index is 13.1. The summed E-state index contributed by atoms with van der Waals surface area (Å²) >= 11 is 0. The van der Waals surface area contributed by atoms with Crippen LogP contribution in [0.1, 0.15) is 23.6 Å². The number of methoxy groups -OCH3 is 2. The van der Waals surface area contributed by atoms with E-state index in [4.69, 9.17) is 0 Å². The summed E-state index contributed by atoms with van der Waals surface area (Å²) in [5.74, 6) is -1.56. The van der Waals surface area contributed by atoms with Crippen molar-refractivity contribution in [2.45, 2.75) is 12.5 Å². The quantitative estimate of drug-likeness (QED) is 0.265. The van der Waals surface area contributed by atoms with Gasteiger partial charge in [-0.15, -0.1) is 0 Å². The second-order valence-corrected chi connectivity index (χ2v) is 5.24. The number of rotatable bonds is 6. The van der Waals surface area contributed by atoms with E-state index in [-0.39, 0.29) is 5.71 Å². The number of esters is 2. The Hall–Kier alpha value is -3.15. The van der Waals surface area contributed by atoms with Gasteiger partial charge in [0.05, 0.1) is 14.2 Å². The molecule has 0 spiro atoms. The van der Waals surface area contributed by atoms with Crippen molar-refractivity contribution in [1.29, 1.82) is 0 Å². The van der Waals surface area contributed by atoms with E-state index in [1.54, 1.807) is 48.5 Å². The number of carbonyl (C=O) groups excluding carboxylic acids is 2. The third-order valence-electron chi connectivity index (χ3n) is 3.69. The zero-order valence-corrected chi connectivity index (χ0v) is 14.0. The zero-order chi connectivity index (χ0) is 18.2. The van der Waals surface area contributed by atoms with Gasteiger partial charge in [-0.1, -0.05) is 60.7 Å². The maximum Gasteiger partial charge on any atom is 0.400 e. The van der Waals surface area contributed by atoms with Crippen LogP contribution in [0.5, 0.6) is 0 Å². The molecule has 0 saturated heterocycles. The molecule has 0 heterocycles. The molecule has 6 heteroatoms. The van der Waals surface area contributed by atoms with Crippen LogP contribution < -0.4 is 0 Å². The highest BCUT2D eigenvalue weighted by molar-refractivity contribution is 6.37. The lowest BCUT2D eigenvalue weighted by molar-refractivity contribution is -0.496. The molecule has 0 aromatic heterocycles. The van der Waals surface area contributed by atoms with Gasteiger partial charge in [0.1, 0.15) is 6.42 Å². The Morgan fingerprint density at radius 1 is 0.920 bits per heavy atom. The lowest BCUT2D eigenvalue weighted by Crippen LogP contribution is -2.31. The topological polar surface area (TPSA) is 78.7 Å². The molecule has 0 radical (unpaired) electrons. The summed E-state index contributed by atoms with van der Waals surface area (Å²) in [6.07, 6.45) is -0.469. The Bertz CT molecular complexity index is 716. The van der Waals surface area contributed by atoms with Gasteiger partial charge in [-0.25, -0.2) is 4.79 Å². The second kappa shape index (κ2) is 8.63. The van der Waals surface area contributed by atoms with E-state index < -0.39 is 24.4 Å². The molecule has 0 atom stereocenters. The molecule has 130 valence electrons. The first-order valence-corrected chi connectivity index (χ1v) is 7.65. The van der Waals surface area contributed by atoms with E-state index in [0.717, 1.165) is 7.11 Å². The van der Waals surface area contributed by atoms with Crippen LogP contribution in [0.4, 0.5) is 0 Å². The van der Waals surface area contributed by atoms with Crippen molar-refractivity contribution < 1.29 is 23.8 Å². The van der Waals surface area contributed by atoms with Gasteiger partial charge in [-0.2, -0.15) is 4.74 Å². The van der Waals surface area contributed by atoms with E-state index >= 15 is 0 Å². The fraction of sp³-hybridized carbons (Fsp3) is 0.211. The number of benzene rings is 2. The number of hydrogen-bond acceptors (Lipinski definition) is 5. The molecule has 6 nitrogen and oxygen atoms in total. The van der Waals surface area contributed by atoms with Gasteiger partial charge < -0.3 is 14.7 Å². The van der Waals surface area contributed by atoms with E-state index in [2.05, 4.69) is 9.47 Å². The Morgan fingerprint density at radius 3 is 1.80 bits per heavy atom. The first-order valence-electron chi connectivity index (χ1n) is 7.65. The Kier molecular flexibility index (Phi) is 6.28. The predicted molar refractivity (Wildman–Crippen MR) is 92.0 cm³/mol. The van der Waals surface area contributed by atoms with Crippen LogP contribution >= 0.6 is 0 Å². The average molecular weight is 341 g/mol. The second-order valence-electron chi connectivity index (χ2n) is 5.24. The minimum atomic E-state index is -0.864. The summed E-state index contributed by atoms with van der Waals surface area (Å²) in [4.78, 5) is 23.7. The molecule has 2 aromatic rings. The molecule has 25 heavy (non-hydrogen) atoms.